The second-order valence-electron chi connectivity index (χ2n) is 14.8. The summed E-state index contributed by atoms with van der Waals surface area (Å²) in [4.78, 5) is 0. The molecule has 4 heteroatoms. The third kappa shape index (κ3) is 3.04. The van der Waals surface area contributed by atoms with Gasteiger partial charge >= 0.3 is 0 Å². The lowest BCUT2D eigenvalue weighted by Crippen LogP contribution is -2.58. The molecule has 0 aromatic rings. The van der Waals surface area contributed by atoms with Crippen LogP contribution >= 0.6 is 0 Å². The van der Waals surface area contributed by atoms with E-state index >= 15 is 0 Å². The second-order valence-corrected chi connectivity index (χ2v) is 14.8. The van der Waals surface area contributed by atoms with Crippen LogP contribution in [0.2, 0.25) is 0 Å². The lowest BCUT2D eigenvalue weighted by Gasteiger charge is -2.64. The van der Waals surface area contributed by atoms with Crippen LogP contribution in [0.5, 0.6) is 0 Å². The molecule has 1 heterocycles. The van der Waals surface area contributed by atoms with Gasteiger partial charge in [-0.1, -0.05) is 53.2 Å². The van der Waals surface area contributed by atoms with E-state index in [1.165, 1.54) is 19.3 Å². The predicted molar refractivity (Wildman–Crippen MR) is 135 cm³/mol. The molecule has 4 fully saturated rings. The van der Waals surface area contributed by atoms with Crippen molar-refractivity contribution in [1.82, 2.24) is 0 Å². The number of ether oxygens (including phenoxy) is 1. The average molecular weight is 475 g/mol. The first-order valence-corrected chi connectivity index (χ1v) is 14.0. The maximum Gasteiger partial charge on any atom is 0.111 e. The van der Waals surface area contributed by atoms with Gasteiger partial charge in [-0.3, -0.25) is 0 Å². The zero-order valence-corrected chi connectivity index (χ0v) is 22.9. The van der Waals surface area contributed by atoms with Gasteiger partial charge in [-0.15, -0.1) is 0 Å². The Bertz CT molecular complexity index is 862. The van der Waals surface area contributed by atoms with Crippen LogP contribution in [-0.4, -0.2) is 45.3 Å². The monoisotopic (exact) mass is 474 g/mol. The highest BCUT2D eigenvalue weighted by Crippen LogP contribution is 2.73. The summed E-state index contributed by atoms with van der Waals surface area (Å²) in [5, 5.41) is 32.3. The number of fused-ring (bicyclic) bond motifs is 5. The van der Waals surface area contributed by atoms with Gasteiger partial charge in [0.1, 0.15) is 12.2 Å². The van der Waals surface area contributed by atoms with Crippen molar-refractivity contribution < 1.29 is 20.1 Å². The van der Waals surface area contributed by atoms with E-state index in [9.17, 15) is 15.3 Å². The molecule has 34 heavy (non-hydrogen) atoms. The zero-order valence-electron chi connectivity index (χ0n) is 22.9. The second kappa shape index (κ2) is 7.55. The molecule has 3 N–H and O–H groups in total. The summed E-state index contributed by atoms with van der Waals surface area (Å²) in [6.45, 7) is 18.2. The summed E-state index contributed by atoms with van der Waals surface area (Å²) >= 11 is 0. The molecule has 0 aromatic carbocycles. The molecule has 3 saturated carbocycles. The fraction of sp³-hybridized carbons (Fsp3) is 0.933. The Morgan fingerprint density at radius 2 is 1.59 bits per heavy atom. The van der Waals surface area contributed by atoms with Crippen molar-refractivity contribution in [3.05, 3.63) is 11.6 Å². The molecule has 5 rings (SSSR count). The lowest BCUT2D eigenvalue weighted by molar-refractivity contribution is -0.135. The number of hydrogen-bond donors (Lipinski definition) is 3. The van der Waals surface area contributed by atoms with Crippen LogP contribution in [0.3, 0.4) is 0 Å². The topological polar surface area (TPSA) is 69.9 Å². The number of aliphatic hydroxyl groups excluding tert-OH is 3. The maximum absolute atomic E-state index is 10.9. The Balaban J connectivity index is 1.46. The molecule has 11 atom stereocenters. The van der Waals surface area contributed by atoms with Gasteiger partial charge in [0.2, 0.25) is 0 Å². The van der Waals surface area contributed by atoms with Crippen LogP contribution in [0, 0.1) is 45.3 Å². The summed E-state index contributed by atoms with van der Waals surface area (Å²) < 4.78 is 6.29. The van der Waals surface area contributed by atoms with Crippen molar-refractivity contribution in [2.24, 2.45) is 45.3 Å². The summed E-state index contributed by atoms with van der Waals surface area (Å²) in [6, 6.07) is 0. The minimum Gasteiger partial charge on any atom is -0.393 e. The first-order chi connectivity index (χ1) is 15.6. The number of rotatable bonds is 2. The van der Waals surface area contributed by atoms with Gasteiger partial charge in [-0.25, -0.2) is 0 Å². The van der Waals surface area contributed by atoms with Crippen LogP contribution in [-0.2, 0) is 4.74 Å². The third-order valence-corrected chi connectivity index (χ3v) is 12.8. The smallest absolute Gasteiger partial charge is 0.111 e. The largest absolute Gasteiger partial charge is 0.393 e. The van der Waals surface area contributed by atoms with Crippen molar-refractivity contribution in [1.29, 1.82) is 0 Å². The van der Waals surface area contributed by atoms with Crippen molar-refractivity contribution in [2.45, 2.75) is 130 Å². The molecular weight excluding hydrogens is 424 g/mol. The van der Waals surface area contributed by atoms with Crippen molar-refractivity contribution >= 4 is 0 Å². The molecule has 0 aromatic heterocycles. The third-order valence-electron chi connectivity index (χ3n) is 12.8. The maximum atomic E-state index is 10.9. The normalized spacial score (nSPS) is 54.6. The standard InChI is InChI=1S/C30H50O4/c1-17(24-23(32)25(33)27(4,5)34-24)18-11-15-30(8)20-9-10-21-26(2,3)22(31)13-14-28(21,6)19(20)12-16-29(18,30)7/h9,17-19,21-25,31-33H,10-16H2,1-8H3/t17-,18+,19+,21+,22-,23+,24+,25-,28+,29+,30+/m1/s1. The molecule has 1 aliphatic heterocycles. The van der Waals surface area contributed by atoms with Crippen LogP contribution < -0.4 is 0 Å². The highest BCUT2D eigenvalue weighted by atomic mass is 16.6. The number of allylic oxidation sites excluding steroid dienone is 2. The summed E-state index contributed by atoms with van der Waals surface area (Å²) in [6.07, 6.45) is 8.38. The molecule has 0 amide bonds. The van der Waals surface area contributed by atoms with Gasteiger partial charge in [-0.2, -0.15) is 0 Å². The van der Waals surface area contributed by atoms with E-state index in [-0.39, 0.29) is 39.8 Å². The first-order valence-electron chi connectivity index (χ1n) is 14.0. The lowest BCUT2D eigenvalue weighted by atomic mass is 9.41. The van der Waals surface area contributed by atoms with Gasteiger partial charge in [0, 0.05) is 0 Å². The fourth-order valence-electron chi connectivity index (χ4n) is 10.3. The van der Waals surface area contributed by atoms with Crippen LogP contribution in [0.1, 0.15) is 100 Å². The SMILES string of the molecule is C[C@@H]([C@@H]1OC(C)(C)[C@H](O)[C@H]1O)[C@@H]1CC[C@@]2(C)C3=CC[C@H]4C(C)(C)[C@H](O)CC[C@@]4(C)[C@H]3CC[C@@]12C. The Hall–Kier alpha value is -0.420. The quantitative estimate of drug-likeness (QED) is 0.463. The van der Waals surface area contributed by atoms with Gasteiger partial charge < -0.3 is 20.1 Å². The van der Waals surface area contributed by atoms with E-state index in [1.54, 1.807) is 5.57 Å². The minimum absolute atomic E-state index is 0.0347. The summed E-state index contributed by atoms with van der Waals surface area (Å²) in [7, 11) is 0. The Kier molecular flexibility index (Phi) is 5.61. The molecule has 0 unspecified atom stereocenters. The summed E-state index contributed by atoms with van der Waals surface area (Å²) in [5.74, 6) is 1.81. The number of hydrogen-bond acceptors (Lipinski definition) is 4. The van der Waals surface area contributed by atoms with E-state index in [0.29, 0.717) is 17.8 Å². The molecule has 0 spiro atoms. The molecule has 1 saturated heterocycles. The average Bonchev–Trinajstić information content (AvgIpc) is 3.15. The molecule has 194 valence electrons. The van der Waals surface area contributed by atoms with Gasteiger partial charge in [0.05, 0.1) is 17.8 Å². The van der Waals surface area contributed by atoms with E-state index in [4.69, 9.17) is 4.74 Å². The highest BCUT2D eigenvalue weighted by Gasteiger charge is 2.66. The molecular formula is C30H50O4. The fourth-order valence-corrected chi connectivity index (χ4v) is 10.3. The van der Waals surface area contributed by atoms with Crippen LogP contribution in [0.4, 0.5) is 0 Å². The van der Waals surface area contributed by atoms with E-state index < -0.39 is 17.8 Å². The number of aliphatic hydroxyl groups is 3. The van der Waals surface area contributed by atoms with Crippen LogP contribution in [0.15, 0.2) is 11.6 Å². The molecule has 0 bridgehead atoms. The highest BCUT2D eigenvalue weighted by molar-refractivity contribution is 5.33. The summed E-state index contributed by atoms with van der Waals surface area (Å²) in [5.41, 5.74) is 1.57. The van der Waals surface area contributed by atoms with Crippen molar-refractivity contribution in [3.8, 4) is 0 Å². The first kappa shape index (κ1) is 25.2. The van der Waals surface area contributed by atoms with Crippen LogP contribution in [0.25, 0.3) is 0 Å². The van der Waals surface area contributed by atoms with E-state index in [2.05, 4.69) is 47.6 Å². The Labute approximate surface area is 207 Å². The van der Waals surface area contributed by atoms with E-state index in [0.717, 1.165) is 25.7 Å². The molecule has 4 aliphatic carbocycles. The van der Waals surface area contributed by atoms with Crippen molar-refractivity contribution in [2.75, 3.05) is 0 Å². The molecule has 0 radical (unpaired) electrons. The van der Waals surface area contributed by atoms with Gasteiger partial charge in [0.15, 0.2) is 0 Å². The zero-order chi connectivity index (χ0) is 25.1. The minimum atomic E-state index is -0.834. The molecule has 5 aliphatic rings. The van der Waals surface area contributed by atoms with Crippen molar-refractivity contribution in [3.63, 3.8) is 0 Å². The van der Waals surface area contributed by atoms with E-state index in [1.807, 2.05) is 13.8 Å². The predicted octanol–water partition coefficient (Wildman–Crippen LogP) is 5.49. The van der Waals surface area contributed by atoms with Gasteiger partial charge in [-0.05, 0) is 104 Å². The Morgan fingerprint density at radius 3 is 2.21 bits per heavy atom. The van der Waals surface area contributed by atoms with Gasteiger partial charge in [0.25, 0.3) is 0 Å². The Morgan fingerprint density at radius 1 is 0.912 bits per heavy atom. The molecule has 4 nitrogen and oxygen atoms in total.